The molecule has 0 spiro atoms. The van der Waals surface area contributed by atoms with E-state index in [-0.39, 0.29) is 11.5 Å². The summed E-state index contributed by atoms with van der Waals surface area (Å²) < 4.78 is 7.13. The van der Waals surface area contributed by atoms with Gasteiger partial charge in [0.2, 0.25) is 0 Å². The molecule has 0 aromatic rings. The molecule has 18 heavy (non-hydrogen) atoms. The van der Waals surface area contributed by atoms with Gasteiger partial charge in [-0.2, -0.15) is 0 Å². The van der Waals surface area contributed by atoms with Crippen molar-refractivity contribution in [2.45, 2.75) is 44.1 Å². The average Bonchev–Trinajstić information content (AvgIpc) is 2.37. The first kappa shape index (κ1) is 15.4. The molecule has 0 saturated heterocycles. The van der Waals surface area contributed by atoms with Crippen LogP contribution in [0, 0.1) is 12.3 Å². The Balaban J connectivity index is 2.82. The summed E-state index contributed by atoms with van der Waals surface area (Å²) >= 11 is 9.91. The fourth-order valence-electron chi connectivity index (χ4n) is 1.71. The van der Waals surface area contributed by atoms with Gasteiger partial charge in [-0.3, -0.25) is 0 Å². The molecule has 0 radical (unpaired) electrons. The molecule has 1 heterocycles. The van der Waals surface area contributed by atoms with Crippen molar-refractivity contribution in [2.75, 3.05) is 0 Å². The third kappa shape index (κ3) is 4.92. The van der Waals surface area contributed by atoms with Gasteiger partial charge in [-0.25, -0.2) is 0 Å². The normalized spacial score (nSPS) is 29.0. The highest BCUT2D eigenvalue weighted by molar-refractivity contribution is 9.11. The summed E-state index contributed by atoms with van der Waals surface area (Å²) in [5, 5.41) is -0.0314. The number of allylic oxidation sites excluding steroid dienone is 4. The van der Waals surface area contributed by atoms with Crippen LogP contribution in [0.15, 0.2) is 34.5 Å². The molecule has 1 nitrogen and oxygen atoms in total. The minimum absolute atomic E-state index is 0.0314. The van der Waals surface area contributed by atoms with Crippen LogP contribution in [-0.4, -0.2) is 11.5 Å². The molecule has 0 fully saturated rings. The number of alkyl halides is 1. The zero-order valence-electron chi connectivity index (χ0n) is 10.5. The maximum absolute atomic E-state index is 6.35. The molecule has 0 N–H and O–H groups in total. The van der Waals surface area contributed by atoms with Gasteiger partial charge in [-0.05, 0) is 18.9 Å². The molecule has 0 aromatic heterocycles. The quantitative estimate of drug-likeness (QED) is 0.405. The van der Waals surface area contributed by atoms with Crippen LogP contribution in [0.25, 0.3) is 0 Å². The number of hydrogen-bond donors (Lipinski definition) is 0. The van der Waals surface area contributed by atoms with Gasteiger partial charge in [0.05, 0.1) is 5.38 Å². The molecule has 1 aliphatic rings. The highest BCUT2D eigenvalue weighted by Gasteiger charge is 2.22. The second-order valence-corrected chi connectivity index (χ2v) is 5.59. The molecule has 2 atom stereocenters. The van der Waals surface area contributed by atoms with Crippen LogP contribution in [0.4, 0.5) is 0 Å². The minimum atomic E-state index is -0.0321. The van der Waals surface area contributed by atoms with E-state index in [1.807, 2.05) is 6.08 Å². The lowest BCUT2D eigenvalue weighted by Crippen LogP contribution is -2.25. The molecule has 3 heteroatoms. The number of halogens is 2. The smallest absolute Gasteiger partial charge is 0.118 e. The second kappa shape index (κ2) is 8.45. The summed E-state index contributed by atoms with van der Waals surface area (Å²) in [4.78, 5) is 0. The largest absolute Gasteiger partial charge is 0.492 e. The zero-order chi connectivity index (χ0) is 13.4. The van der Waals surface area contributed by atoms with Gasteiger partial charge in [0.1, 0.15) is 11.9 Å². The number of ether oxygens (including phenoxy) is 1. The molecule has 0 aromatic carbocycles. The third-order valence-corrected chi connectivity index (χ3v) is 4.19. The molecule has 0 saturated carbocycles. The molecular formula is C15H18BrClO. The summed E-state index contributed by atoms with van der Waals surface area (Å²) in [6, 6.07) is 0. The van der Waals surface area contributed by atoms with Crippen LogP contribution >= 0.6 is 27.5 Å². The molecule has 0 aliphatic carbocycles. The second-order valence-electron chi connectivity index (χ2n) is 4.07. The monoisotopic (exact) mass is 328 g/mol. The van der Waals surface area contributed by atoms with Crippen molar-refractivity contribution in [1.82, 2.24) is 0 Å². The topological polar surface area (TPSA) is 9.23 Å². The van der Waals surface area contributed by atoms with Gasteiger partial charge in [0, 0.05) is 17.3 Å². The van der Waals surface area contributed by atoms with E-state index in [0.717, 1.165) is 35.9 Å². The fraction of sp³-hybridized carbons (Fsp3) is 0.467. The summed E-state index contributed by atoms with van der Waals surface area (Å²) in [7, 11) is 0. The van der Waals surface area contributed by atoms with Crippen molar-refractivity contribution in [3.8, 4) is 12.3 Å². The summed E-state index contributed by atoms with van der Waals surface area (Å²) in [5.74, 6) is 3.45. The number of hydrogen-bond acceptors (Lipinski definition) is 1. The van der Waals surface area contributed by atoms with Crippen molar-refractivity contribution >= 4 is 27.5 Å². The van der Waals surface area contributed by atoms with E-state index in [4.69, 9.17) is 22.8 Å². The lowest BCUT2D eigenvalue weighted by Gasteiger charge is -2.25. The number of rotatable bonds is 3. The Kier molecular flexibility index (Phi) is 7.23. The number of terminal acetylenes is 1. The van der Waals surface area contributed by atoms with Gasteiger partial charge in [-0.1, -0.05) is 47.0 Å². The first-order valence-electron chi connectivity index (χ1n) is 6.13. The van der Waals surface area contributed by atoms with Crippen LogP contribution in [0.5, 0.6) is 0 Å². The van der Waals surface area contributed by atoms with Gasteiger partial charge in [-0.15, -0.1) is 18.0 Å². The lowest BCUT2D eigenvalue weighted by atomic mass is 10.1. The Labute approximate surface area is 123 Å². The Morgan fingerprint density at radius 2 is 2.44 bits per heavy atom. The summed E-state index contributed by atoms with van der Waals surface area (Å²) in [6.45, 7) is 2.09. The van der Waals surface area contributed by atoms with E-state index in [2.05, 4.69) is 40.9 Å². The SMILES string of the molecule is C#C/C=C\C[C@H]1O/C(=C(/Br)CC)C/C=C\C[C@H]1Cl. The highest BCUT2D eigenvalue weighted by Crippen LogP contribution is 2.28. The molecule has 0 unspecified atom stereocenters. The standard InChI is InChI=1S/C15H18BrClO/c1-3-5-6-11-15-13(17)9-7-8-10-14(18-15)12(16)4-2/h1,5-8,13,15H,4,9-11H2,2H3/b6-5-,8-7-,14-12+/t13-,15-/m1/s1. The fourth-order valence-corrected chi connectivity index (χ4v) is 2.22. The van der Waals surface area contributed by atoms with Crippen LogP contribution in [0.2, 0.25) is 0 Å². The van der Waals surface area contributed by atoms with Gasteiger partial charge in [0.15, 0.2) is 0 Å². The van der Waals surface area contributed by atoms with E-state index in [1.165, 1.54) is 0 Å². The van der Waals surface area contributed by atoms with Crippen LogP contribution < -0.4 is 0 Å². The molecule has 0 amide bonds. The van der Waals surface area contributed by atoms with E-state index < -0.39 is 0 Å². The van der Waals surface area contributed by atoms with Crippen LogP contribution in [-0.2, 0) is 4.74 Å². The van der Waals surface area contributed by atoms with Crippen molar-refractivity contribution < 1.29 is 4.74 Å². The molecular weight excluding hydrogens is 312 g/mol. The summed E-state index contributed by atoms with van der Waals surface area (Å²) in [6.07, 6.45) is 16.3. The Hall–Kier alpha value is -0.650. The Bertz CT molecular complexity index is 390. The van der Waals surface area contributed by atoms with Gasteiger partial charge >= 0.3 is 0 Å². The molecule has 0 bridgehead atoms. The summed E-state index contributed by atoms with van der Waals surface area (Å²) in [5.41, 5.74) is 0. The maximum Gasteiger partial charge on any atom is 0.118 e. The van der Waals surface area contributed by atoms with Gasteiger partial charge < -0.3 is 4.74 Å². The zero-order valence-corrected chi connectivity index (χ0v) is 12.9. The molecule has 1 rings (SSSR count). The van der Waals surface area contributed by atoms with E-state index in [1.54, 1.807) is 6.08 Å². The van der Waals surface area contributed by atoms with E-state index in [9.17, 15) is 0 Å². The predicted molar refractivity (Wildman–Crippen MR) is 81.7 cm³/mol. The van der Waals surface area contributed by atoms with Crippen LogP contribution in [0.3, 0.4) is 0 Å². The van der Waals surface area contributed by atoms with E-state index in [0.29, 0.717) is 0 Å². The van der Waals surface area contributed by atoms with Crippen molar-refractivity contribution in [3.63, 3.8) is 0 Å². The first-order valence-corrected chi connectivity index (χ1v) is 7.36. The maximum atomic E-state index is 6.35. The Morgan fingerprint density at radius 1 is 1.67 bits per heavy atom. The third-order valence-electron chi connectivity index (χ3n) is 2.72. The van der Waals surface area contributed by atoms with Crippen LogP contribution in [0.1, 0.15) is 32.6 Å². The highest BCUT2D eigenvalue weighted by atomic mass is 79.9. The van der Waals surface area contributed by atoms with Crippen molar-refractivity contribution in [2.24, 2.45) is 0 Å². The lowest BCUT2D eigenvalue weighted by molar-refractivity contribution is 0.108. The van der Waals surface area contributed by atoms with E-state index >= 15 is 0 Å². The molecule has 98 valence electrons. The van der Waals surface area contributed by atoms with Crippen molar-refractivity contribution in [1.29, 1.82) is 0 Å². The minimum Gasteiger partial charge on any atom is -0.492 e. The predicted octanol–water partition coefficient (Wildman–Crippen LogP) is 4.93. The Morgan fingerprint density at radius 3 is 3.11 bits per heavy atom. The first-order chi connectivity index (χ1) is 8.69. The van der Waals surface area contributed by atoms with Crippen molar-refractivity contribution in [3.05, 3.63) is 34.5 Å². The molecule has 1 aliphatic heterocycles. The van der Waals surface area contributed by atoms with Gasteiger partial charge in [0.25, 0.3) is 0 Å². The average molecular weight is 330 g/mol.